The number of rotatable bonds is 6. The topological polar surface area (TPSA) is 64.1 Å². The summed E-state index contributed by atoms with van der Waals surface area (Å²) in [5, 5.41) is 7.56. The molecule has 2 aromatic rings. The van der Waals surface area contributed by atoms with E-state index in [4.69, 9.17) is 8.94 Å². The van der Waals surface area contributed by atoms with Crippen molar-refractivity contribution in [2.24, 2.45) is 5.41 Å². The lowest BCUT2D eigenvalue weighted by Gasteiger charge is -2.30. The van der Waals surface area contributed by atoms with E-state index in [1.165, 1.54) is 0 Å². The summed E-state index contributed by atoms with van der Waals surface area (Å²) >= 11 is 0. The Morgan fingerprint density at radius 3 is 2.75 bits per heavy atom. The van der Waals surface area contributed by atoms with Gasteiger partial charge in [0.05, 0.1) is 11.8 Å². The molecule has 0 aliphatic heterocycles. The van der Waals surface area contributed by atoms with Crippen LogP contribution >= 0.6 is 0 Å². The Morgan fingerprint density at radius 2 is 2.15 bits per heavy atom. The van der Waals surface area contributed by atoms with Gasteiger partial charge in [-0.3, -0.25) is 0 Å². The molecule has 0 saturated carbocycles. The van der Waals surface area contributed by atoms with E-state index in [2.05, 4.69) is 43.2 Å². The molecule has 2 rings (SSSR count). The van der Waals surface area contributed by atoms with Crippen LogP contribution in [0.2, 0.25) is 0 Å². The first kappa shape index (κ1) is 14.8. The van der Waals surface area contributed by atoms with Gasteiger partial charge in [-0.15, -0.1) is 0 Å². The molecule has 0 bridgehead atoms. The van der Waals surface area contributed by atoms with Crippen LogP contribution < -0.4 is 5.32 Å². The molecular weight excluding hydrogens is 254 g/mol. The molecule has 0 aliphatic carbocycles. The van der Waals surface area contributed by atoms with Crippen molar-refractivity contribution < 1.29 is 8.94 Å². The maximum absolute atomic E-state index is 5.35. The first-order chi connectivity index (χ1) is 9.50. The normalized spacial score (nSPS) is 13.6. The van der Waals surface area contributed by atoms with E-state index in [1.807, 2.05) is 6.07 Å². The molecule has 1 atom stereocenters. The van der Waals surface area contributed by atoms with Gasteiger partial charge in [-0.1, -0.05) is 32.9 Å². The van der Waals surface area contributed by atoms with Crippen LogP contribution in [0.15, 0.2) is 27.5 Å². The van der Waals surface area contributed by atoms with Crippen molar-refractivity contribution in [1.82, 2.24) is 15.5 Å². The van der Waals surface area contributed by atoms with Crippen molar-refractivity contribution in [2.45, 2.75) is 46.6 Å². The van der Waals surface area contributed by atoms with E-state index < -0.39 is 0 Å². The lowest BCUT2D eigenvalue weighted by Crippen LogP contribution is -2.42. The fourth-order valence-corrected chi connectivity index (χ4v) is 2.02. The van der Waals surface area contributed by atoms with Crippen LogP contribution in [-0.4, -0.2) is 22.7 Å². The highest BCUT2D eigenvalue weighted by Gasteiger charge is 2.26. The minimum absolute atomic E-state index is 0.138. The van der Waals surface area contributed by atoms with E-state index in [0.717, 1.165) is 24.9 Å². The zero-order valence-electron chi connectivity index (χ0n) is 12.6. The molecule has 110 valence electrons. The smallest absolute Gasteiger partial charge is 0.228 e. The minimum atomic E-state index is 0.138. The Kier molecular flexibility index (Phi) is 4.60. The van der Waals surface area contributed by atoms with Crippen LogP contribution in [0, 0.1) is 5.41 Å². The molecule has 0 aliphatic rings. The Hall–Kier alpha value is -1.62. The molecule has 0 radical (unpaired) electrons. The van der Waals surface area contributed by atoms with Gasteiger partial charge in [-0.25, -0.2) is 0 Å². The molecule has 0 amide bonds. The Labute approximate surface area is 119 Å². The van der Waals surface area contributed by atoms with Crippen molar-refractivity contribution in [3.8, 4) is 11.4 Å². The predicted molar refractivity (Wildman–Crippen MR) is 77.2 cm³/mol. The highest BCUT2D eigenvalue weighted by molar-refractivity contribution is 5.51. The Morgan fingerprint density at radius 1 is 1.35 bits per heavy atom. The van der Waals surface area contributed by atoms with Gasteiger partial charge >= 0.3 is 0 Å². The van der Waals surface area contributed by atoms with E-state index in [0.29, 0.717) is 17.8 Å². The molecule has 0 saturated heterocycles. The van der Waals surface area contributed by atoms with Gasteiger partial charge in [0.25, 0.3) is 0 Å². The fraction of sp³-hybridized carbons (Fsp3) is 0.600. The fourth-order valence-electron chi connectivity index (χ4n) is 2.02. The van der Waals surface area contributed by atoms with Crippen molar-refractivity contribution in [2.75, 3.05) is 6.54 Å². The standard InChI is InChI=1S/C15H23N3O2/c1-5-7-16-12(15(2,3)4)9-13-17-14(18-20-13)11-6-8-19-10-11/h6,8,10,12,16H,5,7,9H2,1-4H3. The summed E-state index contributed by atoms with van der Waals surface area (Å²) < 4.78 is 10.4. The molecule has 5 heteroatoms. The summed E-state index contributed by atoms with van der Waals surface area (Å²) in [4.78, 5) is 4.44. The Bertz CT molecular complexity index is 511. The zero-order valence-corrected chi connectivity index (χ0v) is 12.6. The third-order valence-corrected chi connectivity index (χ3v) is 3.31. The van der Waals surface area contributed by atoms with Crippen LogP contribution in [0.1, 0.15) is 40.0 Å². The molecule has 1 N–H and O–H groups in total. The maximum Gasteiger partial charge on any atom is 0.228 e. The SMILES string of the molecule is CCCNC(Cc1nc(-c2ccoc2)no1)C(C)(C)C. The molecule has 20 heavy (non-hydrogen) atoms. The number of furan rings is 1. The van der Waals surface area contributed by atoms with Crippen molar-refractivity contribution in [1.29, 1.82) is 0 Å². The third-order valence-electron chi connectivity index (χ3n) is 3.31. The summed E-state index contributed by atoms with van der Waals surface area (Å²) in [5.74, 6) is 1.24. The van der Waals surface area contributed by atoms with Crippen molar-refractivity contribution >= 4 is 0 Å². The molecule has 0 spiro atoms. The van der Waals surface area contributed by atoms with Gasteiger partial charge in [0.2, 0.25) is 11.7 Å². The van der Waals surface area contributed by atoms with Crippen LogP contribution in [0.25, 0.3) is 11.4 Å². The molecule has 2 heterocycles. The summed E-state index contributed by atoms with van der Waals surface area (Å²) in [5.41, 5.74) is 0.980. The number of hydrogen-bond acceptors (Lipinski definition) is 5. The summed E-state index contributed by atoms with van der Waals surface area (Å²) in [6.07, 6.45) is 5.06. The first-order valence-electron chi connectivity index (χ1n) is 7.09. The quantitative estimate of drug-likeness (QED) is 0.877. The maximum atomic E-state index is 5.35. The van der Waals surface area contributed by atoms with E-state index in [9.17, 15) is 0 Å². The van der Waals surface area contributed by atoms with Gasteiger partial charge in [0.15, 0.2) is 0 Å². The Balaban J connectivity index is 2.07. The molecule has 0 fully saturated rings. The highest BCUT2D eigenvalue weighted by Crippen LogP contribution is 2.23. The summed E-state index contributed by atoms with van der Waals surface area (Å²) in [6.45, 7) is 9.80. The number of nitrogens with one attached hydrogen (secondary N) is 1. The minimum Gasteiger partial charge on any atom is -0.472 e. The zero-order chi connectivity index (χ0) is 14.6. The monoisotopic (exact) mass is 277 g/mol. The first-order valence-corrected chi connectivity index (χ1v) is 7.09. The van der Waals surface area contributed by atoms with Gasteiger partial charge in [0, 0.05) is 12.5 Å². The van der Waals surface area contributed by atoms with Gasteiger partial charge in [-0.2, -0.15) is 4.98 Å². The molecular formula is C15H23N3O2. The molecule has 5 nitrogen and oxygen atoms in total. The van der Waals surface area contributed by atoms with Crippen LogP contribution in [0.3, 0.4) is 0 Å². The van der Waals surface area contributed by atoms with Crippen LogP contribution in [-0.2, 0) is 6.42 Å². The van der Waals surface area contributed by atoms with Crippen LogP contribution in [0.5, 0.6) is 0 Å². The largest absolute Gasteiger partial charge is 0.472 e. The molecule has 0 aromatic carbocycles. The van der Waals surface area contributed by atoms with Crippen LogP contribution in [0.4, 0.5) is 0 Å². The number of hydrogen-bond donors (Lipinski definition) is 1. The second kappa shape index (κ2) is 6.22. The molecule has 1 unspecified atom stereocenters. The average molecular weight is 277 g/mol. The van der Waals surface area contributed by atoms with E-state index >= 15 is 0 Å². The summed E-state index contributed by atoms with van der Waals surface area (Å²) in [7, 11) is 0. The van der Waals surface area contributed by atoms with Gasteiger partial charge in [0.1, 0.15) is 6.26 Å². The average Bonchev–Trinajstić information content (AvgIpc) is 3.03. The number of nitrogens with zero attached hydrogens (tertiary/aromatic N) is 2. The second-order valence-corrected chi connectivity index (χ2v) is 6.10. The van der Waals surface area contributed by atoms with Gasteiger partial charge < -0.3 is 14.3 Å². The lowest BCUT2D eigenvalue weighted by molar-refractivity contribution is 0.244. The lowest BCUT2D eigenvalue weighted by atomic mass is 9.84. The van der Waals surface area contributed by atoms with E-state index in [1.54, 1.807) is 12.5 Å². The number of aromatic nitrogens is 2. The van der Waals surface area contributed by atoms with Crippen molar-refractivity contribution in [3.05, 3.63) is 24.5 Å². The third kappa shape index (κ3) is 3.70. The van der Waals surface area contributed by atoms with Gasteiger partial charge in [-0.05, 0) is 24.4 Å². The summed E-state index contributed by atoms with van der Waals surface area (Å²) in [6, 6.07) is 2.13. The van der Waals surface area contributed by atoms with Crippen molar-refractivity contribution in [3.63, 3.8) is 0 Å². The predicted octanol–water partition coefficient (Wildman–Crippen LogP) is 3.29. The highest BCUT2D eigenvalue weighted by atomic mass is 16.5. The van der Waals surface area contributed by atoms with E-state index in [-0.39, 0.29) is 5.41 Å². The second-order valence-electron chi connectivity index (χ2n) is 6.10. The molecule has 2 aromatic heterocycles.